The Balaban J connectivity index is 1.71. The lowest BCUT2D eigenvalue weighted by molar-refractivity contribution is 0.580. The van der Waals surface area contributed by atoms with Crippen molar-refractivity contribution in [2.24, 2.45) is 0 Å². The summed E-state index contributed by atoms with van der Waals surface area (Å²) < 4.78 is 0. The third-order valence-electron chi connectivity index (χ3n) is 4.05. The summed E-state index contributed by atoms with van der Waals surface area (Å²) in [4.78, 5) is 20.0. The summed E-state index contributed by atoms with van der Waals surface area (Å²) >= 11 is 0. The molecule has 7 nitrogen and oxygen atoms in total. The maximum Gasteiger partial charge on any atom is 0.226 e. The molecule has 4 rings (SSSR count). The molecular formula is C17H19N7. The van der Waals surface area contributed by atoms with E-state index in [0.29, 0.717) is 5.82 Å². The molecule has 1 aromatic carbocycles. The van der Waals surface area contributed by atoms with Gasteiger partial charge in [-0.3, -0.25) is 0 Å². The Bertz CT molecular complexity index is 858. The molecule has 2 N–H and O–H groups in total. The highest BCUT2D eigenvalue weighted by atomic mass is 15.3. The SMILES string of the molecule is Cc1cccc(Nc2ncnc3cnc(N4CCNCC4)nc23)c1. The number of fused-ring (bicyclic) bond motifs is 1. The summed E-state index contributed by atoms with van der Waals surface area (Å²) in [6, 6.07) is 8.17. The zero-order valence-electron chi connectivity index (χ0n) is 13.5. The van der Waals surface area contributed by atoms with Crippen LogP contribution in [0.15, 0.2) is 36.8 Å². The van der Waals surface area contributed by atoms with Gasteiger partial charge in [-0.25, -0.2) is 19.9 Å². The third-order valence-corrected chi connectivity index (χ3v) is 4.05. The van der Waals surface area contributed by atoms with E-state index in [1.807, 2.05) is 12.1 Å². The fourth-order valence-corrected chi connectivity index (χ4v) is 2.81. The Morgan fingerprint density at radius 2 is 2.00 bits per heavy atom. The van der Waals surface area contributed by atoms with E-state index in [1.165, 1.54) is 11.9 Å². The highest BCUT2D eigenvalue weighted by Crippen LogP contribution is 2.23. The molecule has 122 valence electrons. The summed E-state index contributed by atoms with van der Waals surface area (Å²) in [5, 5.41) is 6.68. The summed E-state index contributed by atoms with van der Waals surface area (Å²) in [6.45, 7) is 5.76. The molecule has 3 heterocycles. The van der Waals surface area contributed by atoms with Gasteiger partial charge in [-0.1, -0.05) is 12.1 Å². The van der Waals surface area contributed by atoms with Crippen LogP contribution in [-0.2, 0) is 0 Å². The Labute approximate surface area is 140 Å². The number of aromatic nitrogens is 4. The Hall–Kier alpha value is -2.80. The van der Waals surface area contributed by atoms with Gasteiger partial charge in [0, 0.05) is 31.9 Å². The van der Waals surface area contributed by atoms with Crippen molar-refractivity contribution >= 4 is 28.5 Å². The molecule has 0 unspecified atom stereocenters. The predicted octanol–water partition coefficient (Wildman–Crippen LogP) is 1.88. The Morgan fingerprint density at radius 1 is 1.12 bits per heavy atom. The molecule has 1 aliphatic heterocycles. The van der Waals surface area contributed by atoms with Crippen LogP contribution in [0, 0.1) is 6.92 Å². The van der Waals surface area contributed by atoms with Gasteiger partial charge in [0.2, 0.25) is 5.95 Å². The molecule has 0 saturated carbocycles. The van der Waals surface area contributed by atoms with Gasteiger partial charge in [0.05, 0.1) is 6.20 Å². The van der Waals surface area contributed by atoms with Crippen LogP contribution in [-0.4, -0.2) is 46.1 Å². The van der Waals surface area contributed by atoms with Crippen LogP contribution in [0.25, 0.3) is 11.0 Å². The summed E-state index contributed by atoms with van der Waals surface area (Å²) in [6.07, 6.45) is 3.30. The summed E-state index contributed by atoms with van der Waals surface area (Å²) in [5.41, 5.74) is 3.65. The van der Waals surface area contributed by atoms with Crippen LogP contribution < -0.4 is 15.5 Å². The van der Waals surface area contributed by atoms with Crippen LogP contribution in [0.5, 0.6) is 0 Å². The van der Waals surface area contributed by atoms with Crippen LogP contribution in [0.4, 0.5) is 17.5 Å². The van der Waals surface area contributed by atoms with E-state index in [2.05, 4.69) is 49.5 Å². The number of benzene rings is 1. The minimum absolute atomic E-state index is 0.699. The second-order valence-corrected chi connectivity index (χ2v) is 5.86. The van der Waals surface area contributed by atoms with Crippen LogP contribution >= 0.6 is 0 Å². The second-order valence-electron chi connectivity index (χ2n) is 5.86. The number of hydrogen-bond donors (Lipinski definition) is 2. The van der Waals surface area contributed by atoms with Gasteiger partial charge < -0.3 is 15.5 Å². The van der Waals surface area contributed by atoms with Gasteiger partial charge in [-0.2, -0.15) is 0 Å². The summed E-state index contributed by atoms with van der Waals surface area (Å²) in [7, 11) is 0. The van der Waals surface area contributed by atoms with Crippen molar-refractivity contribution in [1.82, 2.24) is 25.3 Å². The minimum Gasteiger partial charge on any atom is -0.338 e. The smallest absolute Gasteiger partial charge is 0.226 e. The molecule has 1 aliphatic rings. The monoisotopic (exact) mass is 321 g/mol. The topological polar surface area (TPSA) is 78.9 Å². The van der Waals surface area contributed by atoms with Crippen LogP contribution in [0.1, 0.15) is 5.56 Å². The van der Waals surface area contributed by atoms with Gasteiger partial charge in [-0.15, -0.1) is 0 Å². The van der Waals surface area contributed by atoms with Gasteiger partial charge in [0.15, 0.2) is 5.82 Å². The van der Waals surface area contributed by atoms with Crippen molar-refractivity contribution in [3.63, 3.8) is 0 Å². The maximum atomic E-state index is 4.72. The molecule has 0 atom stereocenters. The predicted molar refractivity (Wildman–Crippen MR) is 94.7 cm³/mol. The van der Waals surface area contributed by atoms with E-state index in [-0.39, 0.29) is 0 Å². The zero-order valence-corrected chi connectivity index (χ0v) is 13.5. The van der Waals surface area contributed by atoms with E-state index in [0.717, 1.165) is 48.8 Å². The number of piperazine rings is 1. The van der Waals surface area contributed by atoms with E-state index < -0.39 is 0 Å². The highest BCUT2D eigenvalue weighted by Gasteiger charge is 2.15. The molecule has 1 fully saturated rings. The lowest BCUT2D eigenvalue weighted by atomic mass is 10.2. The standard InChI is InChI=1S/C17H19N7/c1-12-3-2-4-13(9-12)22-16-15-14(20-11-21-16)10-19-17(23-15)24-7-5-18-6-8-24/h2-4,9-11,18H,5-8H2,1H3,(H,20,21,22). The largest absolute Gasteiger partial charge is 0.338 e. The van der Waals surface area contributed by atoms with Crippen molar-refractivity contribution in [3.8, 4) is 0 Å². The van der Waals surface area contributed by atoms with Gasteiger partial charge in [-0.05, 0) is 24.6 Å². The molecule has 0 spiro atoms. The molecule has 2 aromatic heterocycles. The number of anilines is 3. The fourth-order valence-electron chi connectivity index (χ4n) is 2.81. The Kier molecular flexibility index (Phi) is 3.92. The lowest BCUT2D eigenvalue weighted by Gasteiger charge is -2.27. The third kappa shape index (κ3) is 2.98. The van der Waals surface area contributed by atoms with E-state index in [1.54, 1.807) is 6.20 Å². The minimum atomic E-state index is 0.699. The molecular weight excluding hydrogens is 302 g/mol. The zero-order chi connectivity index (χ0) is 16.4. The number of nitrogens with zero attached hydrogens (tertiary/aromatic N) is 5. The number of nitrogens with one attached hydrogen (secondary N) is 2. The first-order valence-corrected chi connectivity index (χ1v) is 8.07. The van der Waals surface area contributed by atoms with Crippen molar-refractivity contribution in [1.29, 1.82) is 0 Å². The van der Waals surface area contributed by atoms with E-state index >= 15 is 0 Å². The van der Waals surface area contributed by atoms with Crippen molar-refractivity contribution < 1.29 is 0 Å². The van der Waals surface area contributed by atoms with Crippen LogP contribution in [0.3, 0.4) is 0 Å². The van der Waals surface area contributed by atoms with Gasteiger partial charge in [0.25, 0.3) is 0 Å². The van der Waals surface area contributed by atoms with E-state index in [9.17, 15) is 0 Å². The maximum absolute atomic E-state index is 4.72. The second kappa shape index (κ2) is 6.37. The molecule has 0 bridgehead atoms. The molecule has 7 heteroatoms. The van der Waals surface area contributed by atoms with Gasteiger partial charge in [0.1, 0.15) is 17.4 Å². The molecule has 24 heavy (non-hydrogen) atoms. The highest BCUT2D eigenvalue weighted by molar-refractivity contribution is 5.87. The molecule has 0 amide bonds. The number of rotatable bonds is 3. The Morgan fingerprint density at radius 3 is 2.83 bits per heavy atom. The quantitative estimate of drug-likeness (QED) is 0.762. The normalized spacial score (nSPS) is 14.8. The average molecular weight is 321 g/mol. The average Bonchev–Trinajstić information content (AvgIpc) is 2.62. The molecule has 3 aromatic rings. The van der Waals surface area contributed by atoms with Gasteiger partial charge >= 0.3 is 0 Å². The first-order valence-electron chi connectivity index (χ1n) is 8.07. The van der Waals surface area contributed by atoms with Crippen molar-refractivity contribution in [2.45, 2.75) is 6.92 Å². The van der Waals surface area contributed by atoms with E-state index in [4.69, 9.17) is 4.98 Å². The first-order chi connectivity index (χ1) is 11.8. The molecule has 1 saturated heterocycles. The van der Waals surface area contributed by atoms with Crippen LogP contribution in [0.2, 0.25) is 0 Å². The first kappa shape index (κ1) is 14.8. The lowest BCUT2D eigenvalue weighted by Crippen LogP contribution is -2.44. The molecule has 0 aliphatic carbocycles. The summed E-state index contributed by atoms with van der Waals surface area (Å²) in [5.74, 6) is 1.43. The fraction of sp³-hybridized carbons (Fsp3) is 0.294. The number of hydrogen-bond acceptors (Lipinski definition) is 7. The molecule has 0 radical (unpaired) electrons. The van der Waals surface area contributed by atoms with Crippen molar-refractivity contribution in [3.05, 3.63) is 42.4 Å². The number of aryl methyl sites for hydroxylation is 1. The van der Waals surface area contributed by atoms with Crippen molar-refractivity contribution in [2.75, 3.05) is 36.4 Å².